The number of hydrogen-bond acceptors (Lipinski definition) is 3. The Balaban J connectivity index is 1.72. The Labute approximate surface area is 196 Å². The molecule has 1 atom stereocenters. The zero-order valence-corrected chi connectivity index (χ0v) is 19.1. The number of fused-ring (bicyclic) bond motifs is 1. The highest BCUT2D eigenvalue weighted by molar-refractivity contribution is 6.32. The Hall–Kier alpha value is -3.15. The van der Waals surface area contributed by atoms with E-state index in [-0.39, 0.29) is 18.4 Å². The summed E-state index contributed by atoms with van der Waals surface area (Å²) >= 11 is 12.5. The van der Waals surface area contributed by atoms with Gasteiger partial charge in [-0.2, -0.15) is 0 Å². The summed E-state index contributed by atoms with van der Waals surface area (Å²) in [5, 5.41) is 3.94. The maximum Gasteiger partial charge on any atom is 0.252 e. The summed E-state index contributed by atoms with van der Waals surface area (Å²) in [4.78, 5) is 32.3. The smallest absolute Gasteiger partial charge is 0.252 e. The lowest BCUT2D eigenvalue weighted by Gasteiger charge is -2.24. The number of rotatable bonds is 4. The average Bonchev–Trinajstić information content (AvgIpc) is 2.88. The minimum atomic E-state index is -0.669. The van der Waals surface area contributed by atoms with Crippen molar-refractivity contribution in [2.45, 2.75) is 19.9 Å². The van der Waals surface area contributed by atoms with E-state index in [1.54, 1.807) is 43.3 Å². The van der Waals surface area contributed by atoms with E-state index >= 15 is 0 Å². The summed E-state index contributed by atoms with van der Waals surface area (Å²) in [5.74, 6) is -0.600. The molecule has 0 aliphatic carbocycles. The average molecular weight is 466 g/mol. The molecule has 5 nitrogen and oxygen atoms in total. The predicted molar refractivity (Wildman–Crippen MR) is 130 cm³/mol. The van der Waals surface area contributed by atoms with Crippen LogP contribution in [0.3, 0.4) is 0 Å². The maximum atomic E-state index is 13.3. The van der Waals surface area contributed by atoms with Crippen molar-refractivity contribution in [1.29, 1.82) is 0 Å². The zero-order chi connectivity index (χ0) is 22.8. The molecule has 2 amide bonds. The minimum absolute atomic E-state index is 0.165. The largest absolute Gasteiger partial charge is 0.324 e. The van der Waals surface area contributed by atoms with E-state index < -0.39 is 6.04 Å². The summed E-state index contributed by atoms with van der Waals surface area (Å²) in [7, 11) is 0. The van der Waals surface area contributed by atoms with Gasteiger partial charge in [0.05, 0.1) is 11.4 Å². The van der Waals surface area contributed by atoms with Crippen molar-refractivity contribution in [1.82, 2.24) is 0 Å². The summed E-state index contributed by atoms with van der Waals surface area (Å²) in [5.41, 5.74) is 4.20. The van der Waals surface area contributed by atoms with E-state index in [2.05, 4.69) is 5.32 Å². The number of benzene rings is 3. The molecule has 4 rings (SSSR count). The molecular formula is C25H21Cl2N3O2. The van der Waals surface area contributed by atoms with Crippen LogP contribution in [0.4, 0.5) is 11.4 Å². The van der Waals surface area contributed by atoms with Crippen LogP contribution in [0.15, 0.2) is 71.7 Å². The number of carbonyl (C=O) groups excluding carboxylic acids is 2. The first kappa shape index (κ1) is 22.1. The van der Waals surface area contributed by atoms with Crippen LogP contribution in [0.25, 0.3) is 0 Å². The van der Waals surface area contributed by atoms with Crippen LogP contribution < -0.4 is 10.2 Å². The molecule has 1 N–H and O–H groups in total. The lowest BCUT2D eigenvalue weighted by molar-refractivity contribution is -0.122. The second-order valence-corrected chi connectivity index (χ2v) is 8.41. The number of halogens is 2. The number of amides is 2. The molecule has 0 saturated heterocycles. The molecule has 3 aromatic carbocycles. The maximum absolute atomic E-state index is 13.3. The number of benzodiazepines with no additional fused rings is 1. The Morgan fingerprint density at radius 1 is 1.06 bits per heavy atom. The minimum Gasteiger partial charge on any atom is -0.324 e. The number of nitrogens with zero attached hydrogens (tertiary/aromatic N) is 2. The van der Waals surface area contributed by atoms with E-state index in [1.165, 1.54) is 4.90 Å². The molecule has 1 heterocycles. The Kier molecular flexibility index (Phi) is 6.31. The monoisotopic (exact) mass is 465 g/mol. The van der Waals surface area contributed by atoms with Crippen molar-refractivity contribution in [3.63, 3.8) is 0 Å². The number of hydrogen-bond donors (Lipinski definition) is 1. The first-order valence-corrected chi connectivity index (χ1v) is 10.9. The highest BCUT2D eigenvalue weighted by Gasteiger charge is 2.31. The van der Waals surface area contributed by atoms with Gasteiger partial charge in [-0.05, 0) is 49.7 Å². The molecule has 1 aliphatic heterocycles. The van der Waals surface area contributed by atoms with Gasteiger partial charge in [0.25, 0.3) is 5.91 Å². The zero-order valence-electron chi connectivity index (χ0n) is 17.6. The van der Waals surface area contributed by atoms with Gasteiger partial charge in [-0.15, -0.1) is 0 Å². The number of carbonyl (C=O) groups is 2. The molecule has 1 aliphatic rings. The van der Waals surface area contributed by atoms with Crippen LogP contribution in [-0.2, 0) is 9.59 Å². The fourth-order valence-corrected chi connectivity index (χ4v) is 4.01. The van der Waals surface area contributed by atoms with Gasteiger partial charge in [0.2, 0.25) is 5.91 Å². The van der Waals surface area contributed by atoms with Gasteiger partial charge >= 0.3 is 0 Å². The molecule has 0 unspecified atom stereocenters. The third-order valence-electron chi connectivity index (χ3n) is 5.34. The van der Waals surface area contributed by atoms with Gasteiger partial charge in [-0.3, -0.25) is 14.6 Å². The first-order chi connectivity index (χ1) is 15.3. The number of anilines is 2. The van der Waals surface area contributed by atoms with Crippen molar-refractivity contribution < 1.29 is 9.59 Å². The molecular weight excluding hydrogens is 445 g/mol. The van der Waals surface area contributed by atoms with E-state index in [0.717, 1.165) is 11.1 Å². The van der Waals surface area contributed by atoms with Gasteiger partial charge in [-0.1, -0.05) is 59.6 Å². The second-order valence-electron chi connectivity index (χ2n) is 7.57. The molecule has 0 spiro atoms. The highest BCUT2D eigenvalue weighted by Crippen LogP contribution is 2.31. The third kappa shape index (κ3) is 4.40. The van der Waals surface area contributed by atoms with Gasteiger partial charge in [-0.25, -0.2) is 0 Å². The standard InChI is InChI=1S/C25H21Cl2N3O2/c1-15-20(27)9-6-10-21(15)29-23(31)14-30-22-12-11-18(26)13-19(22)24(28-16(2)25(30)32)17-7-4-3-5-8-17/h3-13,16H,14H2,1-2H3,(H,29,31)/t16-/m0/s1. The third-order valence-corrected chi connectivity index (χ3v) is 5.99. The van der Waals surface area contributed by atoms with Crippen molar-refractivity contribution in [2.75, 3.05) is 16.8 Å². The summed E-state index contributed by atoms with van der Waals surface area (Å²) in [6.45, 7) is 3.39. The van der Waals surface area contributed by atoms with Gasteiger partial charge in [0.1, 0.15) is 12.6 Å². The van der Waals surface area contributed by atoms with Crippen molar-refractivity contribution >= 4 is 52.1 Å². The quantitative estimate of drug-likeness (QED) is 0.551. The SMILES string of the molecule is Cc1c(Cl)cccc1NC(=O)CN1C(=O)[C@H](C)N=C(c2ccccc2)c2cc(Cl)ccc21. The number of aliphatic imine (C=N–C) groups is 1. The van der Waals surface area contributed by atoms with Crippen LogP contribution in [0.5, 0.6) is 0 Å². The lowest BCUT2D eigenvalue weighted by Crippen LogP contribution is -2.42. The van der Waals surface area contributed by atoms with Crippen LogP contribution in [0.2, 0.25) is 10.0 Å². The van der Waals surface area contributed by atoms with E-state index in [0.29, 0.717) is 32.7 Å². The fraction of sp³-hybridized carbons (Fsp3) is 0.160. The van der Waals surface area contributed by atoms with Gasteiger partial charge < -0.3 is 10.2 Å². The fourth-order valence-electron chi connectivity index (χ4n) is 3.66. The Morgan fingerprint density at radius 3 is 2.56 bits per heavy atom. The van der Waals surface area contributed by atoms with Crippen molar-refractivity contribution in [3.05, 3.63) is 93.5 Å². The molecule has 7 heteroatoms. The number of nitrogens with one attached hydrogen (secondary N) is 1. The molecule has 0 saturated carbocycles. The van der Waals surface area contributed by atoms with Crippen LogP contribution in [-0.4, -0.2) is 30.1 Å². The highest BCUT2D eigenvalue weighted by atomic mass is 35.5. The first-order valence-electron chi connectivity index (χ1n) is 10.1. The predicted octanol–water partition coefficient (Wildman–Crippen LogP) is 5.51. The van der Waals surface area contributed by atoms with Crippen LogP contribution in [0.1, 0.15) is 23.6 Å². The van der Waals surface area contributed by atoms with Crippen molar-refractivity contribution in [3.8, 4) is 0 Å². The topological polar surface area (TPSA) is 61.8 Å². The van der Waals surface area contributed by atoms with Crippen LogP contribution in [0, 0.1) is 6.92 Å². The summed E-state index contributed by atoms with van der Waals surface area (Å²) in [6.07, 6.45) is 0. The van der Waals surface area contributed by atoms with E-state index in [9.17, 15) is 9.59 Å². The Morgan fingerprint density at radius 2 is 1.81 bits per heavy atom. The molecule has 0 radical (unpaired) electrons. The molecule has 0 aromatic heterocycles. The summed E-state index contributed by atoms with van der Waals surface area (Å²) in [6, 6.07) is 19.5. The Bertz CT molecular complexity index is 1230. The van der Waals surface area contributed by atoms with Crippen LogP contribution >= 0.6 is 23.2 Å². The van der Waals surface area contributed by atoms with Gasteiger partial charge in [0.15, 0.2) is 0 Å². The lowest BCUT2D eigenvalue weighted by atomic mass is 10.00. The molecule has 0 bridgehead atoms. The molecule has 32 heavy (non-hydrogen) atoms. The van der Waals surface area contributed by atoms with Crippen molar-refractivity contribution in [2.24, 2.45) is 4.99 Å². The normalized spacial score (nSPS) is 15.6. The summed E-state index contributed by atoms with van der Waals surface area (Å²) < 4.78 is 0. The van der Waals surface area contributed by atoms with Gasteiger partial charge in [0, 0.05) is 26.9 Å². The second kappa shape index (κ2) is 9.15. The molecule has 3 aromatic rings. The van der Waals surface area contributed by atoms with E-state index in [4.69, 9.17) is 28.2 Å². The molecule has 0 fully saturated rings. The van der Waals surface area contributed by atoms with E-state index in [1.807, 2.05) is 37.3 Å². The molecule has 162 valence electrons.